The Morgan fingerprint density at radius 2 is 2.46 bits per heavy atom. The lowest BCUT2D eigenvalue weighted by Gasteiger charge is -2.51. The van der Waals surface area contributed by atoms with Gasteiger partial charge in [0.25, 0.3) is 0 Å². The number of carbonyl (C=O) groups is 1. The van der Waals surface area contributed by atoms with Crippen LogP contribution in [0.5, 0.6) is 0 Å². The summed E-state index contributed by atoms with van der Waals surface area (Å²) >= 11 is 0. The van der Waals surface area contributed by atoms with Crippen LogP contribution in [0.4, 0.5) is 0 Å². The van der Waals surface area contributed by atoms with Crippen LogP contribution in [0.1, 0.15) is 19.3 Å². The van der Waals surface area contributed by atoms with Gasteiger partial charge in [0.1, 0.15) is 0 Å². The Hall–Kier alpha value is -0.830. The highest BCUT2D eigenvalue weighted by Gasteiger charge is 2.53. The SMILES string of the molecule is NCC1(CC(=O)O)C[C@H]2CC=C[C@H]21. The van der Waals surface area contributed by atoms with E-state index in [1.54, 1.807) is 0 Å². The molecule has 3 atom stereocenters. The maximum Gasteiger partial charge on any atom is 0.303 e. The van der Waals surface area contributed by atoms with Crippen molar-refractivity contribution in [3.05, 3.63) is 12.2 Å². The second-order valence-electron chi connectivity index (χ2n) is 4.29. The van der Waals surface area contributed by atoms with Crippen LogP contribution < -0.4 is 5.73 Å². The van der Waals surface area contributed by atoms with Crippen molar-refractivity contribution in [3.8, 4) is 0 Å². The number of fused-ring (bicyclic) bond motifs is 1. The van der Waals surface area contributed by atoms with E-state index in [0.29, 0.717) is 18.4 Å². The standard InChI is InChI=1S/C10H15NO2/c11-6-10(5-9(12)13)4-7-2-1-3-8(7)10/h1,3,7-8H,2,4-6,11H2,(H,12,13)/t7-,8-,10?/m1/s1. The quantitative estimate of drug-likeness (QED) is 0.638. The molecule has 0 amide bonds. The summed E-state index contributed by atoms with van der Waals surface area (Å²) in [5.74, 6) is 0.403. The summed E-state index contributed by atoms with van der Waals surface area (Å²) in [5, 5.41) is 8.79. The predicted molar refractivity (Wildman–Crippen MR) is 49.1 cm³/mol. The van der Waals surface area contributed by atoms with Crippen molar-refractivity contribution >= 4 is 5.97 Å². The Morgan fingerprint density at radius 3 is 3.00 bits per heavy atom. The average Bonchev–Trinajstić information content (AvgIpc) is 2.43. The number of carboxylic acid groups (broad SMARTS) is 1. The third-order valence-electron chi connectivity index (χ3n) is 3.58. The van der Waals surface area contributed by atoms with E-state index in [1.165, 1.54) is 0 Å². The highest BCUT2D eigenvalue weighted by atomic mass is 16.4. The van der Waals surface area contributed by atoms with Gasteiger partial charge in [0, 0.05) is 0 Å². The molecule has 1 fully saturated rings. The van der Waals surface area contributed by atoms with Crippen LogP contribution in [-0.4, -0.2) is 17.6 Å². The fourth-order valence-corrected chi connectivity index (χ4v) is 2.90. The molecule has 0 aromatic heterocycles. The van der Waals surface area contributed by atoms with Crippen molar-refractivity contribution in [2.24, 2.45) is 23.0 Å². The summed E-state index contributed by atoms with van der Waals surface area (Å²) in [7, 11) is 0. The monoisotopic (exact) mass is 181 g/mol. The topological polar surface area (TPSA) is 63.3 Å². The lowest BCUT2D eigenvalue weighted by molar-refractivity contribution is -0.144. The molecule has 0 bridgehead atoms. The molecule has 2 aliphatic rings. The fourth-order valence-electron chi connectivity index (χ4n) is 2.90. The maximum atomic E-state index is 10.7. The molecule has 0 aliphatic heterocycles. The zero-order valence-corrected chi connectivity index (χ0v) is 7.57. The molecule has 1 saturated carbocycles. The van der Waals surface area contributed by atoms with Crippen LogP contribution in [-0.2, 0) is 4.79 Å². The maximum absolute atomic E-state index is 10.7. The predicted octanol–water partition coefficient (Wildman–Crippen LogP) is 1.00. The van der Waals surface area contributed by atoms with Gasteiger partial charge in [0.05, 0.1) is 6.42 Å². The van der Waals surface area contributed by atoms with Gasteiger partial charge in [-0.3, -0.25) is 4.79 Å². The van der Waals surface area contributed by atoms with E-state index in [9.17, 15) is 4.79 Å². The van der Waals surface area contributed by atoms with Crippen molar-refractivity contribution in [1.82, 2.24) is 0 Å². The van der Waals surface area contributed by atoms with Crippen LogP contribution >= 0.6 is 0 Å². The van der Waals surface area contributed by atoms with E-state index >= 15 is 0 Å². The van der Waals surface area contributed by atoms with Gasteiger partial charge < -0.3 is 10.8 Å². The van der Waals surface area contributed by atoms with E-state index in [4.69, 9.17) is 10.8 Å². The minimum atomic E-state index is -0.718. The minimum Gasteiger partial charge on any atom is -0.481 e. The Labute approximate surface area is 77.6 Å². The normalized spacial score (nSPS) is 41.3. The number of hydrogen-bond donors (Lipinski definition) is 2. The van der Waals surface area contributed by atoms with Gasteiger partial charge in [-0.2, -0.15) is 0 Å². The van der Waals surface area contributed by atoms with Gasteiger partial charge >= 0.3 is 5.97 Å². The molecule has 0 spiro atoms. The van der Waals surface area contributed by atoms with E-state index in [0.717, 1.165) is 12.8 Å². The van der Waals surface area contributed by atoms with E-state index in [-0.39, 0.29) is 11.8 Å². The second kappa shape index (κ2) is 2.84. The molecule has 0 radical (unpaired) electrons. The summed E-state index contributed by atoms with van der Waals surface area (Å²) in [6.07, 6.45) is 6.66. The number of hydrogen-bond acceptors (Lipinski definition) is 2. The molecule has 2 aliphatic carbocycles. The molecule has 0 heterocycles. The molecule has 2 rings (SSSR count). The van der Waals surface area contributed by atoms with Crippen LogP contribution in [0.25, 0.3) is 0 Å². The molecule has 1 unspecified atom stereocenters. The van der Waals surface area contributed by atoms with Gasteiger partial charge in [-0.15, -0.1) is 0 Å². The van der Waals surface area contributed by atoms with Crippen molar-refractivity contribution in [2.75, 3.05) is 6.54 Å². The minimum absolute atomic E-state index is 0.122. The Balaban J connectivity index is 2.09. The van der Waals surface area contributed by atoms with Gasteiger partial charge in [-0.1, -0.05) is 12.2 Å². The van der Waals surface area contributed by atoms with Crippen molar-refractivity contribution in [2.45, 2.75) is 19.3 Å². The highest BCUT2D eigenvalue weighted by Crippen LogP contribution is 2.57. The smallest absolute Gasteiger partial charge is 0.303 e. The Morgan fingerprint density at radius 1 is 1.69 bits per heavy atom. The van der Waals surface area contributed by atoms with Crippen LogP contribution in [0.2, 0.25) is 0 Å². The lowest BCUT2D eigenvalue weighted by atomic mass is 9.53. The molecular formula is C10H15NO2. The molecular weight excluding hydrogens is 166 g/mol. The molecule has 0 saturated heterocycles. The first-order valence-electron chi connectivity index (χ1n) is 4.76. The largest absolute Gasteiger partial charge is 0.481 e. The van der Waals surface area contributed by atoms with E-state index in [2.05, 4.69) is 12.2 Å². The molecule has 3 N–H and O–H groups in total. The molecule has 0 aromatic rings. The summed E-state index contributed by atoms with van der Waals surface area (Å²) in [5.41, 5.74) is 5.55. The first-order valence-corrected chi connectivity index (χ1v) is 4.76. The summed E-state index contributed by atoms with van der Waals surface area (Å²) in [4.78, 5) is 10.7. The van der Waals surface area contributed by atoms with Crippen LogP contribution in [0.15, 0.2) is 12.2 Å². The average molecular weight is 181 g/mol. The van der Waals surface area contributed by atoms with Crippen molar-refractivity contribution in [1.29, 1.82) is 0 Å². The second-order valence-corrected chi connectivity index (χ2v) is 4.29. The van der Waals surface area contributed by atoms with Crippen LogP contribution in [0, 0.1) is 17.3 Å². The van der Waals surface area contributed by atoms with Gasteiger partial charge in [-0.25, -0.2) is 0 Å². The number of aliphatic carboxylic acids is 1. The molecule has 13 heavy (non-hydrogen) atoms. The van der Waals surface area contributed by atoms with Crippen molar-refractivity contribution in [3.63, 3.8) is 0 Å². The summed E-state index contributed by atoms with van der Waals surface area (Å²) in [6.45, 7) is 0.505. The molecule has 3 heteroatoms. The fraction of sp³-hybridized carbons (Fsp3) is 0.700. The Kier molecular flexibility index (Phi) is 1.91. The zero-order chi connectivity index (χ0) is 9.47. The van der Waals surface area contributed by atoms with Gasteiger partial charge in [-0.05, 0) is 36.6 Å². The summed E-state index contributed by atoms with van der Waals surface area (Å²) in [6, 6.07) is 0. The number of nitrogens with two attached hydrogens (primary N) is 1. The lowest BCUT2D eigenvalue weighted by Crippen LogP contribution is -2.51. The number of allylic oxidation sites excluding steroid dienone is 2. The van der Waals surface area contributed by atoms with Crippen molar-refractivity contribution < 1.29 is 9.90 Å². The van der Waals surface area contributed by atoms with E-state index in [1.807, 2.05) is 0 Å². The third-order valence-corrected chi connectivity index (χ3v) is 3.58. The summed E-state index contributed by atoms with van der Waals surface area (Å²) < 4.78 is 0. The van der Waals surface area contributed by atoms with E-state index < -0.39 is 5.97 Å². The third kappa shape index (κ3) is 1.18. The van der Waals surface area contributed by atoms with Gasteiger partial charge in [0.2, 0.25) is 0 Å². The molecule has 72 valence electrons. The Bertz CT molecular complexity index is 262. The van der Waals surface area contributed by atoms with Crippen LogP contribution in [0.3, 0.4) is 0 Å². The first-order chi connectivity index (χ1) is 6.18. The highest BCUT2D eigenvalue weighted by molar-refractivity contribution is 5.68. The first kappa shape index (κ1) is 8.75. The molecule has 0 aromatic carbocycles. The number of rotatable bonds is 3. The number of carboxylic acids is 1. The van der Waals surface area contributed by atoms with Gasteiger partial charge in [0.15, 0.2) is 0 Å². The zero-order valence-electron chi connectivity index (χ0n) is 7.57. The molecule has 3 nitrogen and oxygen atoms in total.